The number of nitrogens with one attached hydrogen (secondary N) is 3. The first kappa shape index (κ1) is 53.8. The third kappa shape index (κ3) is 10.7. The summed E-state index contributed by atoms with van der Waals surface area (Å²) < 4.78 is 42.6. The highest BCUT2D eigenvalue weighted by Crippen LogP contribution is 2.53. The van der Waals surface area contributed by atoms with E-state index in [2.05, 4.69) is 54.1 Å². The Balaban J connectivity index is 0.823. The zero-order valence-electron chi connectivity index (χ0n) is 46.1. The molecule has 422 valence electrons. The number of ether oxygens (including phenoxy) is 3. The molecule has 7 heterocycles. The monoisotopic (exact) mass is 1100 g/mol. The summed E-state index contributed by atoms with van der Waals surface area (Å²) in [6.45, 7) is 9.79. The lowest BCUT2D eigenvalue weighted by atomic mass is 9.88. The van der Waals surface area contributed by atoms with Crippen molar-refractivity contribution in [3.63, 3.8) is 0 Å². The van der Waals surface area contributed by atoms with Crippen LogP contribution in [0.25, 0.3) is 55.5 Å². The fourth-order valence-electron chi connectivity index (χ4n) is 11.8. The number of fused-ring (bicyclic) bond motifs is 2. The summed E-state index contributed by atoms with van der Waals surface area (Å²) in [7, 11) is 2.07. The Morgan fingerprint density at radius 2 is 1.79 bits per heavy atom. The van der Waals surface area contributed by atoms with E-state index in [4.69, 9.17) is 28.6 Å². The van der Waals surface area contributed by atoms with Crippen molar-refractivity contribution in [2.75, 3.05) is 51.4 Å². The number of carbonyl (C=O) groups excluding carboxylic acids is 2. The molecule has 0 radical (unpaired) electrons. The molecule has 20 nitrogen and oxygen atoms in total. The van der Waals surface area contributed by atoms with E-state index in [0.717, 1.165) is 95.3 Å². The van der Waals surface area contributed by atoms with E-state index in [0.29, 0.717) is 58.1 Å². The topological polar surface area (TPSA) is 244 Å². The van der Waals surface area contributed by atoms with Gasteiger partial charge in [-0.3, -0.25) is 14.7 Å². The van der Waals surface area contributed by atoms with E-state index >= 15 is 4.39 Å². The van der Waals surface area contributed by atoms with Crippen molar-refractivity contribution in [2.24, 2.45) is 5.92 Å². The van der Waals surface area contributed by atoms with Crippen LogP contribution in [0.15, 0.2) is 83.9 Å². The Kier molecular flexibility index (Phi) is 15.0. The molecule has 6 atom stereocenters. The minimum atomic E-state index is -0.996. The van der Waals surface area contributed by atoms with Gasteiger partial charge in [0.1, 0.15) is 48.1 Å². The van der Waals surface area contributed by atoms with Crippen LogP contribution in [0.2, 0.25) is 0 Å². The molecule has 21 heteroatoms. The molecule has 4 aromatic heterocycles. The SMILES string of the molecule is Cc1ncoc1-c1ccc([C@H](CO)NC(=O)[C@@H]2C[C@@H](O)CN2C(=O)[C@H](C(C)C)n2cc(-c3ccc(COc4c(-c5c(C)c(F)cc6[nH]ncc56)c(C5CC5)cc5c(N(C)[C@H]6CCNC6)nc(OC[C@@H]6CCCO6)nc45)cc3)nn2)cc1. The van der Waals surface area contributed by atoms with Crippen LogP contribution >= 0.6 is 0 Å². The van der Waals surface area contributed by atoms with Gasteiger partial charge in [-0.2, -0.15) is 15.1 Å². The van der Waals surface area contributed by atoms with Crippen LogP contribution in [-0.2, 0) is 20.9 Å². The maximum atomic E-state index is 16.1. The molecule has 81 heavy (non-hydrogen) atoms. The van der Waals surface area contributed by atoms with Crippen molar-refractivity contribution in [3.05, 3.63) is 113 Å². The maximum Gasteiger partial charge on any atom is 0.319 e. The predicted octanol–water partition coefficient (Wildman–Crippen LogP) is 7.66. The quantitative estimate of drug-likeness (QED) is 0.0522. The molecule has 4 aliphatic rings. The number of benzene rings is 4. The van der Waals surface area contributed by atoms with E-state index in [1.165, 1.54) is 22.0 Å². The highest BCUT2D eigenvalue weighted by molar-refractivity contribution is 6.06. The molecule has 3 aliphatic heterocycles. The Morgan fingerprint density at radius 3 is 2.49 bits per heavy atom. The average molecular weight is 1100 g/mol. The highest BCUT2D eigenvalue weighted by Gasteiger charge is 2.43. The summed E-state index contributed by atoms with van der Waals surface area (Å²) in [5.41, 5.74) is 8.37. The largest absolute Gasteiger partial charge is 0.486 e. The van der Waals surface area contributed by atoms with E-state index in [1.807, 2.05) is 57.2 Å². The third-order valence-electron chi connectivity index (χ3n) is 16.5. The second-order valence-electron chi connectivity index (χ2n) is 22.4. The van der Waals surface area contributed by atoms with Crippen LogP contribution in [0.1, 0.15) is 98.3 Å². The number of β-amino-alcohol motifs (C(OH)–C–C–N with tert-alkyl or cyclic N) is 1. The number of aliphatic hydroxyl groups is 2. The van der Waals surface area contributed by atoms with Crippen LogP contribution in [0.3, 0.4) is 0 Å². The van der Waals surface area contributed by atoms with Crippen LogP contribution in [0.5, 0.6) is 11.8 Å². The summed E-state index contributed by atoms with van der Waals surface area (Å²) in [5, 5.41) is 45.6. The van der Waals surface area contributed by atoms with E-state index in [9.17, 15) is 19.8 Å². The van der Waals surface area contributed by atoms with Gasteiger partial charge in [-0.1, -0.05) is 67.6 Å². The number of hydrogen-bond donors (Lipinski definition) is 5. The molecule has 3 saturated heterocycles. The molecule has 2 amide bonds. The highest BCUT2D eigenvalue weighted by atomic mass is 19.1. The smallest absolute Gasteiger partial charge is 0.319 e. The number of anilines is 1. The Hall–Kier alpha value is -7.85. The van der Waals surface area contributed by atoms with Gasteiger partial charge < -0.3 is 49.3 Å². The van der Waals surface area contributed by atoms with E-state index in [1.54, 1.807) is 31.5 Å². The molecular weight excluding hydrogens is 1040 g/mol. The number of H-pyrrole nitrogens is 1. The van der Waals surface area contributed by atoms with Crippen molar-refractivity contribution >= 4 is 39.4 Å². The second kappa shape index (κ2) is 22.6. The van der Waals surface area contributed by atoms with Crippen LogP contribution < -0.4 is 25.0 Å². The summed E-state index contributed by atoms with van der Waals surface area (Å²) in [5.74, 6) is 0.521. The molecule has 1 aliphatic carbocycles. The Bertz CT molecular complexity index is 3590. The lowest BCUT2D eigenvalue weighted by molar-refractivity contribution is -0.142. The van der Waals surface area contributed by atoms with Gasteiger partial charge in [-0.25, -0.2) is 14.1 Å². The number of halogens is 1. The number of carbonyl (C=O) groups is 2. The maximum absolute atomic E-state index is 16.1. The van der Waals surface area contributed by atoms with Gasteiger partial charge in [0.2, 0.25) is 11.8 Å². The van der Waals surface area contributed by atoms with Gasteiger partial charge in [-0.15, -0.1) is 5.10 Å². The number of aliphatic hydroxyl groups excluding tert-OH is 2. The normalized spacial score (nSPS) is 19.9. The fraction of sp³-hybridized carbons (Fsp3) is 0.433. The zero-order chi connectivity index (χ0) is 56.1. The Morgan fingerprint density at radius 1 is 0.988 bits per heavy atom. The van der Waals surface area contributed by atoms with Crippen molar-refractivity contribution in [1.29, 1.82) is 0 Å². The number of aryl methyl sites for hydroxylation is 1. The van der Waals surface area contributed by atoms with Crippen LogP contribution in [0, 0.1) is 25.6 Å². The van der Waals surface area contributed by atoms with Crippen LogP contribution in [-0.4, -0.2) is 138 Å². The van der Waals surface area contributed by atoms with E-state index < -0.39 is 42.7 Å². The lowest BCUT2D eigenvalue weighted by Crippen LogP contribution is -2.50. The molecule has 0 bridgehead atoms. The Labute approximate surface area is 467 Å². The van der Waals surface area contributed by atoms with E-state index in [-0.39, 0.29) is 55.4 Å². The standard InChI is InChI=1S/C60H67FN12O8/c1-32(2)54(59(77)72-26-41(75)21-50(72)58(76)65-49(28-74)38-14-16-39(17-15-38)55-34(4)63-31-81-55)73-27-48(69-70-73)37-10-8-35(9-11-37)29-79-56-52(51-33(3)46(61)23-47-45(51)25-64-68-47)43(36-12-13-36)22-44-53(56)66-60(80-30-42-7-6-20-78-42)67-57(44)71(5)40-18-19-62-24-40/h8-11,14-17,22-23,25,27,31-32,36,40-42,49-50,54,62,74-75H,6-7,12-13,18-21,24,26,28-30H2,1-5H3,(H,64,68)(H,65,76)/t40-,41+,42-,49-,50-,54-/m0/s1. The first-order valence-electron chi connectivity index (χ1n) is 28.0. The average Bonchev–Trinajstić information content (AvgIpc) is 4.30. The van der Waals surface area contributed by atoms with Gasteiger partial charge >= 0.3 is 6.01 Å². The number of rotatable bonds is 19. The summed E-state index contributed by atoms with van der Waals surface area (Å²) in [6, 6.07) is 16.4. The number of amides is 2. The number of oxazole rings is 1. The number of likely N-dealkylation sites (tertiary alicyclic amines) is 1. The van der Waals surface area contributed by atoms with Gasteiger partial charge in [0, 0.05) is 72.2 Å². The number of aromatic nitrogens is 8. The van der Waals surface area contributed by atoms with Crippen molar-refractivity contribution in [3.8, 4) is 45.5 Å². The number of aromatic amines is 1. The zero-order valence-corrected chi connectivity index (χ0v) is 46.1. The minimum Gasteiger partial charge on any atom is -0.486 e. The molecule has 1 saturated carbocycles. The molecule has 0 unspecified atom stereocenters. The molecule has 12 rings (SSSR count). The molecule has 0 spiro atoms. The summed E-state index contributed by atoms with van der Waals surface area (Å²) in [4.78, 5) is 46.7. The number of hydrogen-bond acceptors (Lipinski definition) is 16. The van der Waals surface area contributed by atoms with Gasteiger partial charge in [0.05, 0.1) is 48.5 Å². The second-order valence-corrected chi connectivity index (χ2v) is 22.4. The molecule has 8 aromatic rings. The van der Waals surface area contributed by atoms with Crippen molar-refractivity contribution in [1.82, 2.24) is 55.7 Å². The molecule has 4 fully saturated rings. The molecule has 4 aromatic carbocycles. The fourth-order valence-corrected chi connectivity index (χ4v) is 11.8. The van der Waals surface area contributed by atoms with Crippen LogP contribution in [0.4, 0.5) is 10.2 Å². The van der Waals surface area contributed by atoms with Gasteiger partial charge in [0.25, 0.3) is 0 Å². The lowest BCUT2D eigenvalue weighted by Gasteiger charge is -2.30. The van der Waals surface area contributed by atoms with Gasteiger partial charge in [-0.05, 0) is 98.7 Å². The van der Waals surface area contributed by atoms with Gasteiger partial charge in [0.15, 0.2) is 17.9 Å². The van der Waals surface area contributed by atoms with Crippen molar-refractivity contribution in [2.45, 2.75) is 115 Å². The number of nitrogens with zero attached hydrogens (tertiary/aromatic N) is 9. The number of likely N-dealkylation sites (N-methyl/N-ethyl adjacent to an activating group) is 1. The first-order chi connectivity index (χ1) is 39.3. The molecule has 5 N–H and O–H groups in total. The van der Waals surface area contributed by atoms with Crippen molar-refractivity contribution < 1.29 is 42.8 Å². The first-order valence-corrected chi connectivity index (χ1v) is 28.0. The minimum absolute atomic E-state index is 0.0290. The predicted molar refractivity (Wildman–Crippen MR) is 300 cm³/mol. The summed E-state index contributed by atoms with van der Waals surface area (Å²) in [6.07, 6.45) is 8.59. The summed E-state index contributed by atoms with van der Waals surface area (Å²) >= 11 is 0. The molecular formula is C60H67FN12O8. The third-order valence-corrected chi connectivity index (χ3v) is 16.5.